The van der Waals surface area contributed by atoms with E-state index in [1.165, 1.54) is 12.8 Å². The molecule has 0 atom stereocenters. The SMILES string of the molecule is CCC(CC)CN(CC)c1ncccc1CCl. The first kappa shape index (κ1) is 14.3. The predicted molar refractivity (Wildman–Crippen MR) is 75.8 cm³/mol. The predicted octanol–water partition coefficient (Wildman–Crippen LogP) is 4.08. The zero-order valence-corrected chi connectivity index (χ0v) is 11.9. The first-order valence-corrected chi connectivity index (χ1v) is 7.04. The Balaban J connectivity index is 2.85. The van der Waals surface area contributed by atoms with Crippen molar-refractivity contribution in [2.24, 2.45) is 5.92 Å². The summed E-state index contributed by atoms with van der Waals surface area (Å²) in [4.78, 5) is 6.83. The summed E-state index contributed by atoms with van der Waals surface area (Å²) in [7, 11) is 0. The molecule has 0 saturated carbocycles. The average Bonchev–Trinajstić information content (AvgIpc) is 2.40. The summed E-state index contributed by atoms with van der Waals surface area (Å²) >= 11 is 5.97. The van der Waals surface area contributed by atoms with Gasteiger partial charge in [-0.05, 0) is 18.9 Å². The smallest absolute Gasteiger partial charge is 0.132 e. The van der Waals surface area contributed by atoms with Crippen LogP contribution in [0.4, 0.5) is 5.82 Å². The van der Waals surface area contributed by atoms with Crippen molar-refractivity contribution in [2.75, 3.05) is 18.0 Å². The Bertz CT molecular complexity index is 324. The number of rotatable bonds is 7. The summed E-state index contributed by atoms with van der Waals surface area (Å²) in [5, 5.41) is 0. The standard InChI is InChI=1S/C14H23ClN2/c1-4-12(5-2)11-17(6-3)14-13(10-15)8-7-9-16-14/h7-9,12H,4-6,10-11H2,1-3H3. The maximum atomic E-state index is 5.97. The first-order chi connectivity index (χ1) is 8.26. The number of aromatic nitrogens is 1. The van der Waals surface area contributed by atoms with Crippen molar-refractivity contribution >= 4 is 17.4 Å². The number of pyridine rings is 1. The molecule has 0 spiro atoms. The third-order valence-electron chi connectivity index (χ3n) is 3.33. The molecule has 0 aliphatic carbocycles. The van der Waals surface area contributed by atoms with Crippen LogP contribution >= 0.6 is 11.6 Å². The molecule has 1 aromatic rings. The molecule has 0 amide bonds. The highest BCUT2D eigenvalue weighted by atomic mass is 35.5. The van der Waals surface area contributed by atoms with Gasteiger partial charge in [-0.25, -0.2) is 4.98 Å². The van der Waals surface area contributed by atoms with Gasteiger partial charge in [-0.3, -0.25) is 0 Å². The van der Waals surface area contributed by atoms with E-state index in [-0.39, 0.29) is 0 Å². The lowest BCUT2D eigenvalue weighted by atomic mass is 10.0. The van der Waals surface area contributed by atoms with Gasteiger partial charge in [0.1, 0.15) is 5.82 Å². The molecule has 0 aliphatic rings. The van der Waals surface area contributed by atoms with E-state index in [1.54, 1.807) is 0 Å². The van der Waals surface area contributed by atoms with Crippen molar-refractivity contribution in [1.82, 2.24) is 4.98 Å². The molecule has 3 heteroatoms. The van der Waals surface area contributed by atoms with Crippen LogP contribution in [0.15, 0.2) is 18.3 Å². The van der Waals surface area contributed by atoms with Crippen LogP contribution in [0.3, 0.4) is 0 Å². The zero-order chi connectivity index (χ0) is 12.7. The molecule has 1 rings (SSSR count). The van der Waals surface area contributed by atoms with Gasteiger partial charge in [0.05, 0.1) is 5.88 Å². The van der Waals surface area contributed by atoms with Crippen LogP contribution in [-0.2, 0) is 5.88 Å². The van der Waals surface area contributed by atoms with Gasteiger partial charge in [0.15, 0.2) is 0 Å². The lowest BCUT2D eigenvalue weighted by molar-refractivity contribution is 0.484. The fourth-order valence-electron chi connectivity index (χ4n) is 2.04. The van der Waals surface area contributed by atoms with Crippen LogP contribution in [0.1, 0.15) is 39.2 Å². The van der Waals surface area contributed by atoms with E-state index in [1.807, 2.05) is 12.3 Å². The van der Waals surface area contributed by atoms with Gasteiger partial charge in [-0.2, -0.15) is 0 Å². The largest absolute Gasteiger partial charge is 0.356 e. The van der Waals surface area contributed by atoms with Crippen LogP contribution < -0.4 is 4.90 Å². The fraction of sp³-hybridized carbons (Fsp3) is 0.643. The summed E-state index contributed by atoms with van der Waals surface area (Å²) in [5.41, 5.74) is 1.13. The summed E-state index contributed by atoms with van der Waals surface area (Å²) in [5.74, 6) is 2.32. The molecule has 0 bridgehead atoms. The van der Waals surface area contributed by atoms with Gasteiger partial charge >= 0.3 is 0 Å². The minimum absolute atomic E-state index is 0.530. The van der Waals surface area contributed by atoms with E-state index in [0.29, 0.717) is 5.88 Å². The quantitative estimate of drug-likeness (QED) is 0.682. The van der Waals surface area contributed by atoms with Crippen LogP contribution in [0.5, 0.6) is 0 Å². The number of hydrogen-bond donors (Lipinski definition) is 0. The van der Waals surface area contributed by atoms with E-state index in [2.05, 4.69) is 36.7 Å². The molecule has 0 N–H and O–H groups in total. The topological polar surface area (TPSA) is 16.1 Å². The average molecular weight is 255 g/mol. The van der Waals surface area contributed by atoms with E-state index in [0.717, 1.165) is 30.4 Å². The van der Waals surface area contributed by atoms with Crippen molar-refractivity contribution in [2.45, 2.75) is 39.5 Å². The number of halogens is 1. The summed E-state index contributed by atoms with van der Waals surface area (Å²) in [6.45, 7) is 8.74. The minimum Gasteiger partial charge on any atom is -0.356 e. The highest BCUT2D eigenvalue weighted by Crippen LogP contribution is 2.21. The van der Waals surface area contributed by atoms with Gasteiger partial charge in [-0.1, -0.05) is 32.8 Å². The van der Waals surface area contributed by atoms with Gasteiger partial charge in [0.25, 0.3) is 0 Å². The van der Waals surface area contributed by atoms with E-state index < -0.39 is 0 Å². The Morgan fingerprint density at radius 3 is 2.53 bits per heavy atom. The number of anilines is 1. The van der Waals surface area contributed by atoms with Crippen molar-refractivity contribution in [3.05, 3.63) is 23.9 Å². The van der Waals surface area contributed by atoms with E-state index in [9.17, 15) is 0 Å². The molecule has 2 nitrogen and oxygen atoms in total. The normalized spacial score (nSPS) is 10.9. The summed E-state index contributed by atoms with van der Waals surface area (Å²) < 4.78 is 0. The highest BCUT2D eigenvalue weighted by molar-refractivity contribution is 6.17. The second kappa shape index (κ2) is 7.54. The van der Waals surface area contributed by atoms with Gasteiger partial charge in [0.2, 0.25) is 0 Å². The fourth-order valence-corrected chi connectivity index (χ4v) is 2.25. The molecule has 0 saturated heterocycles. The molecular weight excluding hydrogens is 232 g/mol. The Hall–Kier alpha value is -0.760. The second-order valence-electron chi connectivity index (χ2n) is 4.34. The molecule has 1 heterocycles. The number of nitrogens with zero attached hydrogens (tertiary/aromatic N) is 2. The molecule has 0 aliphatic heterocycles. The van der Waals surface area contributed by atoms with E-state index >= 15 is 0 Å². The molecule has 1 aromatic heterocycles. The molecule has 96 valence electrons. The zero-order valence-electron chi connectivity index (χ0n) is 11.1. The first-order valence-electron chi connectivity index (χ1n) is 6.51. The minimum atomic E-state index is 0.530. The van der Waals surface area contributed by atoms with Gasteiger partial charge in [0, 0.05) is 24.8 Å². The maximum Gasteiger partial charge on any atom is 0.132 e. The summed E-state index contributed by atoms with van der Waals surface area (Å²) in [6, 6.07) is 4.01. The van der Waals surface area contributed by atoms with Crippen LogP contribution in [0.2, 0.25) is 0 Å². The van der Waals surface area contributed by atoms with Gasteiger partial charge < -0.3 is 4.90 Å². The van der Waals surface area contributed by atoms with Crippen molar-refractivity contribution in [3.8, 4) is 0 Å². The Morgan fingerprint density at radius 2 is 2.00 bits per heavy atom. The molecule has 0 radical (unpaired) electrons. The lowest BCUT2D eigenvalue weighted by Crippen LogP contribution is -2.30. The van der Waals surface area contributed by atoms with Crippen molar-refractivity contribution < 1.29 is 0 Å². The third kappa shape index (κ3) is 3.88. The van der Waals surface area contributed by atoms with E-state index in [4.69, 9.17) is 11.6 Å². The van der Waals surface area contributed by atoms with Crippen LogP contribution in [0.25, 0.3) is 0 Å². The highest BCUT2D eigenvalue weighted by Gasteiger charge is 2.14. The Kier molecular flexibility index (Phi) is 6.35. The third-order valence-corrected chi connectivity index (χ3v) is 3.61. The maximum absolute atomic E-state index is 5.97. The van der Waals surface area contributed by atoms with Gasteiger partial charge in [-0.15, -0.1) is 11.6 Å². The van der Waals surface area contributed by atoms with Crippen LogP contribution in [0, 0.1) is 5.92 Å². The monoisotopic (exact) mass is 254 g/mol. The molecule has 0 unspecified atom stereocenters. The Labute approximate surface area is 110 Å². The van der Waals surface area contributed by atoms with Crippen molar-refractivity contribution in [3.63, 3.8) is 0 Å². The molecule has 0 fully saturated rings. The second-order valence-corrected chi connectivity index (χ2v) is 4.61. The number of alkyl halides is 1. The Morgan fingerprint density at radius 1 is 1.29 bits per heavy atom. The molecule has 0 aromatic carbocycles. The summed E-state index contributed by atoms with van der Waals surface area (Å²) in [6.07, 6.45) is 4.28. The molecular formula is C14H23ClN2. The van der Waals surface area contributed by atoms with Crippen molar-refractivity contribution in [1.29, 1.82) is 0 Å². The molecule has 17 heavy (non-hydrogen) atoms. The number of hydrogen-bond acceptors (Lipinski definition) is 2. The lowest BCUT2D eigenvalue weighted by Gasteiger charge is -2.27. The van der Waals surface area contributed by atoms with Crippen LogP contribution in [-0.4, -0.2) is 18.1 Å².